The van der Waals surface area contributed by atoms with Gasteiger partial charge in [0.25, 0.3) is 0 Å². The molecule has 0 aromatic heterocycles. The zero-order chi connectivity index (χ0) is 29.4. The van der Waals surface area contributed by atoms with Crippen molar-refractivity contribution in [3.05, 3.63) is 60.2 Å². The lowest BCUT2D eigenvalue weighted by Gasteiger charge is -2.37. The van der Waals surface area contributed by atoms with E-state index in [1.54, 1.807) is 0 Å². The molecule has 0 saturated carbocycles. The third kappa shape index (κ3) is 8.18. The van der Waals surface area contributed by atoms with Crippen molar-refractivity contribution in [2.45, 2.75) is 63.6 Å². The Morgan fingerprint density at radius 1 is 1.05 bits per heavy atom. The fourth-order valence-electron chi connectivity index (χ4n) is 4.92. The number of aromatic hydroxyl groups is 1. The van der Waals surface area contributed by atoms with Gasteiger partial charge in [0.05, 0.1) is 17.0 Å². The number of aliphatic hydroxyl groups excluding tert-OH is 1. The van der Waals surface area contributed by atoms with Crippen LogP contribution in [0.4, 0.5) is 4.79 Å². The highest BCUT2D eigenvalue weighted by Gasteiger charge is 2.37. The van der Waals surface area contributed by atoms with Crippen LogP contribution in [0.15, 0.2) is 59.5 Å². The van der Waals surface area contributed by atoms with Crippen LogP contribution < -0.4 is 10.6 Å². The van der Waals surface area contributed by atoms with Crippen molar-refractivity contribution in [3.8, 4) is 5.75 Å². The highest BCUT2D eigenvalue weighted by atomic mass is 32.2. The number of amides is 3. The van der Waals surface area contributed by atoms with Crippen molar-refractivity contribution in [1.29, 1.82) is 0 Å². The van der Waals surface area contributed by atoms with E-state index in [0.29, 0.717) is 13.1 Å². The first kappa shape index (κ1) is 31.4. The second-order valence-corrected chi connectivity index (χ2v) is 13.0. The average Bonchev–Trinajstić information content (AvgIpc) is 2.89. The molecule has 10 nitrogen and oxygen atoms in total. The molecule has 11 heteroatoms. The number of rotatable bonds is 13. The van der Waals surface area contributed by atoms with Crippen LogP contribution in [-0.2, 0) is 21.2 Å². The minimum absolute atomic E-state index is 0.00206. The predicted molar refractivity (Wildman–Crippen MR) is 153 cm³/mol. The first-order valence-electron chi connectivity index (χ1n) is 13.8. The van der Waals surface area contributed by atoms with Crippen molar-refractivity contribution >= 4 is 22.0 Å². The maximum absolute atomic E-state index is 13.6. The normalized spacial score (nSPS) is 16.6. The van der Waals surface area contributed by atoms with Gasteiger partial charge in [-0.2, -0.15) is 4.31 Å². The van der Waals surface area contributed by atoms with E-state index in [-0.39, 0.29) is 48.0 Å². The largest absolute Gasteiger partial charge is 0.508 e. The summed E-state index contributed by atoms with van der Waals surface area (Å²) >= 11 is 0. The number of benzene rings is 2. The molecule has 3 rings (SSSR count). The smallest absolute Gasteiger partial charge is 0.318 e. The van der Waals surface area contributed by atoms with Crippen LogP contribution in [0.1, 0.15) is 39.7 Å². The van der Waals surface area contributed by atoms with Crippen molar-refractivity contribution < 1.29 is 28.2 Å². The molecule has 0 aliphatic carbocycles. The van der Waals surface area contributed by atoms with E-state index in [0.717, 1.165) is 12.0 Å². The molecule has 3 atom stereocenters. The molecule has 220 valence electrons. The van der Waals surface area contributed by atoms with Crippen LogP contribution >= 0.6 is 0 Å². The molecule has 1 aliphatic heterocycles. The zero-order valence-electron chi connectivity index (χ0n) is 23.7. The van der Waals surface area contributed by atoms with Gasteiger partial charge in [-0.1, -0.05) is 58.0 Å². The van der Waals surface area contributed by atoms with Crippen molar-refractivity contribution in [3.63, 3.8) is 0 Å². The van der Waals surface area contributed by atoms with Gasteiger partial charge in [0.15, 0.2) is 0 Å². The molecule has 3 amide bonds. The molecule has 0 bridgehead atoms. The lowest BCUT2D eigenvalue weighted by atomic mass is 9.97. The number of hydrogen-bond donors (Lipinski definition) is 4. The monoisotopic (exact) mass is 574 g/mol. The summed E-state index contributed by atoms with van der Waals surface area (Å²) in [7, 11) is -4.01. The molecule has 0 unspecified atom stereocenters. The van der Waals surface area contributed by atoms with E-state index < -0.39 is 34.1 Å². The number of phenolic OH excluding ortho intramolecular Hbond substituents is 1. The van der Waals surface area contributed by atoms with Gasteiger partial charge in [0.2, 0.25) is 15.9 Å². The number of aliphatic hydroxyl groups is 1. The van der Waals surface area contributed by atoms with Gasteiger partial charge in [-0.25, -0.2) is 13.2 Å². The number of carbonyl (C=O) groups is 2. The number of phenols is 1. The number of sulfonamides is 1. The lowest BCUT2D eigenvalue weighted by Crippen LogP contribution is -2.60. The van der Waals surface area contributed by atoms with E-state index in [2.05, 4.69) is 10.6 Å². The van der Waals surface area contributed by atoms with Crippen LogP contribution in [0.5, 0.6) is 5.75 Å². The maximum Gasteiger partial charge on any atom is 0.318 e. The van der Waals surface area contributed by atoms with Gasteiger partial charge >= 0.3 is 6.03 Å². The summed E-state index contributed by atoms with van der Waals surface area (Å²) in [4.78, 5) is 27.7. The minimum Gasteiger partial charge on any atom is -0.508 e. The first-order valence-corrected chi connectivity index (χ1v) is 15.2. The van der Waals surface area contributed by atoms with Crippen molar-refractivity contribution in [2.24, 2.45) is 11.8 Å². The van der Waals surface area contributed by atoms with Crippen LogP contribution in [0.3, 0.4) is 0 Å². The number of hydrogen-bond acceptors (Lipinski definition) is 6. The standard InChI is InChI=1S/C29H42N4O6S/c1-20(2)18-32(40(38,39)24-13-11-23(34)12-14-24)19-26(35)25(17-22-9-6-5-7-10-22)31-28(36)27(21(3)4)33-16-8-15-30-29(33)37/h5-7,9-14,20-21,25-27,34-35H,8,15-19H2,1-4H3,(H,30,37)(H,31,36)/t25-,26+,27-/m0/s1. The Bertz CT molecular complexity index is 1220. The third-order valence-corrected chi connectivity index (χ3v) is 8.72. The number of nitrogens with one attached hydrogen (secondary N) is 2. The second-order valence-electron chi connectivity index (χ2n) is 11.0. The Kier molecular flexibility index (Phi) is 11.0. The second kappa shape index (κ2) is 14.0. The fourth-order valence-corrected chi connectivity index (χ4v) is 6.54. The van der Waals surface area contributed by atoms with Crippen molar-refractivity contribution in [1.82, 2.24) is 19.8 Å². The summed E-state index contributed by atoms with van der Waals surface area (Å²) in [5.74, 6) is -0.680. The molecular formula is C29H42N4O6S. The number of carbonyl (C=O) groups excluding carboxylic acids is 2. The highest BCUT2D eigenvalue weighted by molar-refractivity contribution is 7.89. The highest BCUT2D eigenvalue weighted by Crippen LogP contribution is 2.22. The quantitative estimate of drug-likeness (QED) is 0.290. The lowest BCUT2D eigenvalue weighted by molar-refractivity contribution is -0.128. The molecule has 1 aliphatic rings. The minimum atomic E-state index is -4.01. The summed E-state index contributed by atoms with van der Waals surface area (Å²) in [6.07, 6.45) is -0.269. The molecular weight excluding hydrogens is 532 g/mol. The molecule has 2 aromatic carbocycles. The zero-order valence-corrected chi connectivity index (χ0v) is 24.5. The van der Waals surface area contributed by atoms with E-state index in [1.807, 2.05) is 58.0 Å². The molecule has 0 radical (unpaired) electrons. The summed E-state index contributed by atoms with van der Waals surface area (Å²) in [6, 6.07) is 12.7. The molecule has 1 saturated heterocycles. The summed E-state index contributed by atoms with van der Waals surface area (Å²) in [5, 5.41) is 26.9. The SMILES string of the molecule is CC(C)CN(C[C@@H](O)[C@H](Cc1ccccc1)NC(=O)[C@H](C(C)C)N1CCCNC1=O)S(=O)(=O)c1ccc(O)cc1. The summed E-state index contributed by atoms with van der Waals surface area (Å²) in [6.45, 7) is 8.38. The molecule has 1 fully saturated rings. The molecule has 1 heterocycles. The van der Waals surface area contributed by atoms with Crippen LogP contribution in [0.2, 0.25) is 0 Å². The Morgan fingerprint density at radius 3 is 2.27 bits per heavy atom. The predicted octanol–water partition coefficient (Wildman–Crippen LogP) is 2.57. The Hall–Kier alpha value is -3.15. The van der Waals surface area contributed by atoms with Gasteiger partial charge in [-0.05, 0) is 54.5 Å². The maximum atomic E-state index is 13.6. The van der Waals surface area contributed by atoms with E-state index in [9.17, 15) is 28.2 Å². The van der Waals surface area contributed by atoms with Gasteiger partial charge < -0.3 is 25.7 Å². The van der Waals surface area contributed by atoms with Crippen molar-refractivity contribution in [2.75, 3.05) is 26.2 Å². The topological polar surface area (TPSA) is 139 Å². The number of nitrogens with zero attached hydrogens (tertiary/aromatic N) is 2. The first-order chi connectivity index (χ1) is 18.9. The number of urea groups is 1. The van der Waals surface area contributed by atoms with E-state index >= 15 is 0 Å². The van der Waals surface area contributed by atoms with E-state index in [4.69, 9.17) is 0 Å². The van der Waals surface area contributed by atoms with Gasteiger partial charge in [0, 0.05) is 26.2 Å². The average molecular weight is 575 g/mol. The van der Waals surface area contributed by atoms with Crippen LogP contribution in [-0.4, -0.2) is 84.1 Å². The Labute approximate surface area is 237 Å². The molecule has 0 spiro atoms. The summed E-state index contributed by atoms with van der Waals surface area (Å²) in [5.41, 5.74) is 0.862. The van der Waals surface area contributed by atoms with Gasteiger partial charge in [-0.15, -0.1) is 0 Å². The van der Waals surface area contributed by atoms with E-state index in [1.165, 1.54) is 33.5 Å². The summed E-state index contributed by atoms with van der Waals surface area (Å²) < 4.78 is 28.3. The molecule has 4 N–H and O–H groups in total. The molecule has 2 aromatic rings. The van der Waals surface area contributed by atoms with Crippen LogP contribution in [0, 0.1) is 11.8 Å². The molecule has 40 heavy (non-hydrogen) atoms. The fraction of sp³-hybridized carbons (Fsp3) is 0.517. The third-order valence-electron chi connectivity index (χ3n) is 6.87. The van der Waals surface area contributed by atoms with Gasteiger partial charge in [-0.3, -0.25) is 4.79 Å². The van der Waals surface area contributed by atoms with Crippen LogP contribution in [0.25, 0.3) is 0 Å². The van der Waals surface area contributed by atoms with Gasteiger partial charge in [0.1, 0.15) is 11.8 Å². The Morgan fingerprint density at radius 2 is 1.70 bits per heavy atom. The Balaban J connectivity index is 1.89.